The van der Waals surface area contributed by atoms with Gasteiger partial charge in [-0.2, -0.15) is 8.42 Å². The van der Waals surface area contributed by atoms with Gasteiger partial charge in [0.15, 0.2) is 0 Å². The van der Waals surface area contributed by atoms with E-state index < -0.39 is 10.4 Å². The summed E-state index contributed by atoms with van der Waals surface area (Å²) in [5.74, 6) is 4.77. The highest BCUT2D eigenvalue weighted by Gasteiger charge is 2.02. The van der Waals surface area contributed by atoms with Crippen LogP contribution in [0.5, 0.6) is 0 Å². The zero-order valence-electron chi connectivity index (χ0n) is 6.76. The van der Waals surface area contributed by atoms with Crippen molar-refractivity contribution in [2.24, 2.45) is 0 Å². The summed E-state index contributed by atoms with van der Waals surface area (Å²) < 4.78 is 36.7. The Hall–Kier alpha value is -0.650. The first-order valence-electron chi connectivity index (χ1n) is 3.32. The maximum absolute atomic E-state index is 9.98. The second-order valence-electron chi connectivity index (χ2n) is 1.81. The molecule has 0 aliphatic rings. The van der Waals surface area contributed by atoms with Gasteiger partial charge in [0, 0.05) is 0 Å². The Labute approximate surface area is 76.4 Å². The number of hydrogen-bond donors (Lipinski definition) is 2. The van der Waals surface area contributed by atoms with E-state index >= 15 is 0 Å². The molecule has 2 N–H and O–H groups in total. The molecule has 0 aromatic heterocycles. The van der Waals surface area contributed by atoms with E-state index in [1.54, 1.807) is 0 Å². The Balaban J connectivity index is 3.28. The first kappa shape index (κ1) is 12.3. The summed E-state index contributed by atoms with van der Waals surface area (Å²) in [5, 5.41) is 8.21. The summed E-state index contributed by atoms with van der Waals surface area (Å²) in [5.41, 5.74) is 0. The molecule has 0 saturated heterocycles. The van der Waals surface area contributed by atoms with Crippen LogP contribution < -0.4 is 0 Å². The predicted octanol–water partition coefficient (Wildman–Crippen LogP) is -1.18. The van der Waals surface area contributed by atoms with Gasteiger partial charge < -0.3 is 9.84 Å². The second-order valence-corrected chi connectivity index (χ2v) is 2.91. The molecule has 0 heterocycles. The summed E-state index contributed by atoms with van der Waals surface area (Å²) in [4.78, 5) is 0. The number of aliphatic hydroxyl groups excluding tert-OH is 1. The summed E-state index contributed by atoms with van der Waals surface area (Å²) in [6.07, 6.45) is 0. The Morgan fingerprint density at radius 2 is 1.92 bits per heavy atom. The second kappa shape index (κ2) is 6.82. The largest absolute Gasteiger partial charge is 0.397 e. The molecule has 76 valence electrons. The molecular formula is C6H10O6S. The fraction of sp³-hybridized carbons (Fsp3) is 0.667. The average molecular weight is 210 g/mol. The van der Waals surface area contributed by atoms with Crippen molar-refractivity contribution in [2.45, 2.75) is 0 Å². The van der Waals surface area contributed by atoms with Crippen molar-refractivity contribution in [1.29, 1.82) is 0 Å². The highest BCUT2D eigenvalue weighted by Crippen LogP contribution is 1.85. The van der Waals surface area contributed by atoms with Crippen molar-refractivity contribution < 1.29 is 27.0 Å². The minimum absolute atomic E-state index is 0.000101. The normalized spacial score (nSPS) is 10.6. The topological polar surface area (TPSA) is 93.1 Å². The Morgan fingerprint density at radius 1 is 1.23 bits per heavy atom. The molecule has 0 saturated carbocycles. The van der Waals surface area contributed by atoms with Crippen LogP contribution in [0.25, 0.3) is 0 Å². The number of ether oxygens (including phenoxy) is 1. The SMILES string of the molecule is O=S(=O)(O)OCCOCC#CCO. The smallest absolute Gasteiger partial charge is 0.384 e. The third kappa shape index (κ3) is 11.3. The summed E-state index contributed by atoms with van der Waals surface area (Å²) in [6.45, 7) is -0.431. The zero-order valence-corrected chi connectivity index (χ0v) is 7.58. The molecule has 13 heavy (non-hydrogen) atoms. The van der Waals surface area contributed by atoms with E-state index in [9.17, 15) is 8.42 Å². The molecule has 0 atom stereocenters. The molecule has 0 spiro atoms. The number of aliphatic hydroxyl groups is 1. The van der Waals surface area contributed by atoms with Crippen LogP contribution in [0.3, 0.4) is 0 Å². The maximum Gasteiger partial charge on any atom is 0.397 e. The number of rotatable bonds is 5. The third-order valence-corrected chi connectivity index (χ3v) is 1.30. The predicted molar refractivity (Wildman–Crippen MR) is 43.2 cm³/mol. The lowest BCUT2D eigenvalue weighted by Gasteiger charge is -1.98. The first-order valence-corrected chi connectivity index (χ1v) is 4.69. The average Bonchev–Trinajstić information content (AvgIpc) is 2.01. The van der Waals surface area contributed by atoms with E-state index in [4.69, 9.17) is 14.4 Å². The van der Waals surface area contributed by atoms with E-state index in [0.717, 1.165) is 0 Å². The summed E-state index contributed by atoms with van der Waals surface area (Å²) in [7, 11) is -4.38. The molecule has 6 nitrogen and oxygen atoms in total. The van der Waals surface area contributed by atoms with Crippen LogP contribution in [-0.2, 0) is 19.3 Å². The van der Waals surface area contributed by atoms with Gasteiger partial charge in [-0.3, -0.25) is 4.55 Å². The quantitative estimate of drug-likeness (QED) is 0.337. The van der Waals surface area contributed by atoms with Crippen molar-refractivity contribution in [3.63, 3.8) is 0 Å². The van der Waals surface area contributed by atoms with E-state index in [2.05, 4.69) is 16.0 Å². The van der Waals surface area contributed by atoms with Crippen LogP contribution in [0.4, 0.5) is 0 Å². The monoisotopic (exact) mass is 210 g/mol. The highest BCUT2D eigenvalue weighted by molar-refractivity contribution is 7.80. The van der Waals surface area contributed by atoms with E-state index in [0.29, 0.717) is 0 Å². The Kier molecular flexibility index (Phi) is 6.48. The summed E-state index contributed by atoms with van der Waals surface area (Å²) in [6, 6.07) is 0. The molecule has 7 heteroatoms. The minimum Gasteiger partial charge on any atom is -0.384 e. The van der Waals surface area contributed by atoms with Gasteiger partial charge in [0.1, 0.15) is 13.2 Å². The van der Waals surface area contributed by atoms with Crippen molar-refractivity contribution in [1.82, 2.24) is 0 Å². The Bertz CT molecular complexity index is 271. The van der Waals surface area contributed by atoms with Gasteiger partial charge >= 0.3 is 10.4 Å². The lowest BCUT2D eigenvalue weighted by molar-refractivity contribution is 0.120. The molecule has 0 fully saturated rings. The third-order valence-electron chi connectivity index (χ3n) is 0.838. The first-order chi connectivity index (χ1) is 6.06. The summed E-state index contributed by atoms with van der Waals surface area (Å²) >= 11 is 0. The van der Waals surface area contributed by atoms with Crippen LogP contribution in [0.15, 0.2) is 0 Å². The molecule has 0 aromatic rings. The fourth-order valence-electron chi connectivity index (χ4n) is 0.428. The van der Waals surface area contributed by atoms with Crippen molar-refractivity contribution in [3.05, 3.63) is 0 Å². The Morgan fingerprint density at radius 3 is 2.46 bits per heavy atom. The molecule has 0 amide bonds. The molecule has 0 radical (unpaired) electrons. The van der Waals surface area contributed by atoms with Crippen LogP contribution in [0.1, 0.15) is 0 Å². The van der Waals surface area contributed by atoms with Crippen LogP contribution >= 0.6 is 0 Å². The van der Waals surface area contributed by atoms with Gasteiger partial charge in [-0.25, -0.2) is 4.18 Å². The molecule has 0 aromatic carbocycles. The van der Waals surface area contributed by atoms with Gasteiger partial charge in [-0.05, 0) is 0 Å². The zero-order chi connectivity index (χ0) is 10.2. The standard InChI is InChI=1S/C6H10O6S/c7-3-1-2-4-11-5-6-12-13(8,9)10/h7H,3-6H2,(H,8,9,10). The van der Waals surface area contributed by atoms with Gasteiger partial charge in [0.2, 0.25) is 0 Å². The van der Waals surface area contributed by atoms with Crippen molar-refractivity contribution in [2.75, 3.05) is 26.4 Å². The van der Waals surface area contributed by atoms with Gasteiger partial charge in [-0.1, -0.05) is 11.8 Å². The molecular weight excluding hydrogens is 200 g/mol. The molecule has 0 aliphatic carbocycles. The molecule has 0 unspecified atom stereocenters. The van der Waals surface area contributed by atoms with Crippen LogP contribution in [0, 0.1) is 11.8 Å². The molecule has 0 rings (SSSR count). The van der Waals surface area contributed by atoms with Crippen LogP contribution in [0.2, 0.25) is 0 Å². The van der Waals surface area contributed by atoms with Gasteiger partial charge in [0.05, 0.1) is 13.2 Å². The van der Waals surface area contributed by atoms with Crippen molar-refractivity contribution in [3.8, 4) is 11.8 Å². The van der Waals surface area contributed by atoms with E-state index in [1.807, 2.05) is 0 Å². The highest BCUT2D eigenvalue weighted by atomic mass is 32.3. The van der Waals surface area contributed by atoms with E-state index in [-0.39, 0.29) is 26.4 Å². The lowest BCUT2D eigenvalue weighted by atomic mass is 10.6. The number of hydrogen-bond acceptors (Lipinski definition) is 5. The molecule has 0 aliphatic heterocycles. The fourth-order valence-corrected chi connectivity index (χ4v) is 0.707. The van der Waals surface area contributed by atoms with Gasteiger partial charge in [0.25, 0.3) is 0 Å². The lowest BCUT2D eigenvalue weighted by Crippen LogP contribution is -2.10. The van der Waals surface area contributed by atoms with Crippen LogP contribution in [-0.4, -0.2) is 44.5 Å². The molecule has 0 bridgehead atoms. The maximum atomic E-state index is 9.98. The van der Waals surface area contributed by atoms with Gasteiger partial charge in [-0.15, -0.1) is 0 Å². The van der Waals surface area contributed by atoms with Crippen molar-refractivity contribution >= 4 is 10.4 Å². The minimum atomic E-state index is -4.38. The van der Waals surface area contributed by atoms with E-state index in [1.165, 1.54) is 0 Å².